The van der Waals surface area contributed by atoms with E-state index in [1.165, 1.54) is 15.3 Å². The summed E-state index contributed by atoms with van der Waals surface area (Å²) in [4.78, 5) is 17.6. The molecule has 2 fully saturated rings. The molecule has 5 heterocycles. The molecule has 5 rings (SSSR count). The molecule has 2 saturated heterocycles. The molecule has 0 saturated carbocycles. The highest BCUT2D eigenvalue weighted by molar-refractivity contribution is 7.12. The van der Waals surface area contributed by atoms with Gasteiger partial charge in [-0.15, -0.1) is 11.3 Å². The Morgan fingerprint density at radius 1 is 0.857 bits per heavy atom. The Kier molecular flexibility index (Phi) is 6.85. The summed E-state index contributed by atoms with van der Waals surface area (Å²) in [6.45, 7) is 19.6. The molecule has 0 radical (unpaired) electrons. The van der Waals surface area contributed by atoms with Crippen molar-refractivity contribution in [1.29, 1.82) is 0 Å². The Bertz CT molecular complexity index is 1040. The molecule has 0 aliphatic carbocycles. The van der Waals surface area contributed by atoms with Crippen molar-refractivity contribution < 1.29 is 14.2 Å². The smallest absolute Gasteiger partial charge is 0.227 e. The van der Waals surface area contributed by atoms with Crippen molar-refractivity contribution in [2.45, 2.75) is 71.0 Å². The van der Waals surface area contributed by atoms with Gasteiger partial charge in [0.2, 0.25) is 5.95 Å². The van der Waals surface area contributed by atoms with E-state index in [-0.39, 0.29) is 23.0 Å². The zero-order chi connectivity index (χ0) is 24.8. The van der Waals surface area contributed by atoms with Crippen LogP contribution in [-0.4, -0.2) is 68.7 Å². The second-order valence-corrected chi connectivity index (χ2v) is 13.0. The second-order valence-electron chi connectivity index (χ2n) is 11.9. The molecule has 0 bridgehead atoms. The van der Waals surface area contributed by atoms with Crippen LogP contribution in [0.25, 0.3) is 0 Å². The first kappa shape index (κ1) is 24.9. The van der Waals surface area contributed by atoms with Crippen molar-refractivity contribution in [1.82, 2.24) is 9.97 Å². The molecule has 0 spiro atoms. The Hall–Kier alpha value is -1.74. The normalized spacial score (nSPS) is 23.9. The number of ether oxygens (including phenoxy) is 3. The molecule has 0 N–H and O–H groups in total. The van der Waals surface area contributed by atoms with Crippen LogP contribution in [0.4, 0.5) is 11.8 Å². The maximum atomic E-state index is 6.34. The van der Waals surface area contributed by atoms with Crippen LogP contribution in [0.1, 0.15) is 68.7 Å². The quantitative estimate of drug-likeness (QED) is 0.615. The minimum absolute atomic E-state index is 0.0426. The fraction of sp³-hybridized carbons (Fsp3) is 0.704. The molecule has 0 aromatic carbocycles. The lowest BCUT2D eigenvalue weighted by Gasteiger charge is -2.39. The summed E-state index contributed by atoms with van der Waals surface area (Å²) < 4.78 is 18.2. The van der Waals surface area contributed by atoms with E-state index in [2.05, 4.69) is 63.5 Å². The van der Waals surface area contributed by atoms with E-state index in [1.807, 2.05) is 11.3 Å². The lowest BCUT2D eigenvalue weighted by molar-refractivity contribution is -0.0852. The Labute approximate surface area is 213 Å². The Morgan fingerprint density at radius 2 is 1.60 bits per heavy atom. The molecule has 2 unspecified atom stereocenters. The molecule has 7 nitrogen and oxygen atoms in total. The van der Waals surface area contributed by atoms with Gasteiger partial charge >= 0.3 is 0 Å². The average Bonchev–Trinajstić information content (AvgIpc) is 3.29. The molecular formula is C27H40N4O3S. The van der Waals surface area contributed by atoms with Gasteiger partial charge in [-0.3, -0.25) is 0 Å². The highest BCUT2D eigenvalue weighted by Crippen LogP contribution is 2.41. The van der Waals surface area contributed by atoms with Crippen LogP contribution in [0.15, 0.2) is 12.1 Å². The first-order chi connectivity index (χ1) is 16.6. The molecule has 8 heteroatoms. The van der Waals surface area contributed by atoms with E-state index in [4.69, 9.17) is 24.2 Å². The van der Waals surface area contributed by atoms with Gasteiger partial charge in [-0.1, -0.05) is 41.5 Å². The standard InChI is InChI=1S/C27H40N4O3S/c1-26(2,3)21-16-23(30-8-12-32-13-9-30)29-25(28-21)31-10-14-33-19(17-31)24-18-15-22(27(4,5)6)35-20(18)7-11-34-24/h15-16,19,24H,7-14,17H2,1-6H3. The summed E-state index contributed by atoms with van der Waals surface area (Å²) in [5, 5.41) is 0. The lowest BCUT2D eigenvalue weighted by Crippen LogP contribution is -2.47. The van der Waals surface area contributed by atoms with Crippen molar-refractivity contribution in [3.8, 4) is 0 Å². The molecular weight excluding hydrogens is 460 g/mol. The predicted octanol–water partition coefficient (Wildman–Crippen LogP) is 4.49. The number of nitrogens with zero attached hydrogens (tertiary/aromatic N) is 4. The van der Waals surface area contributed by atoms with Gasteiger partial charge in [0.15, 0.2) is 0 Å². The Balaban J connectivity index is 1.42. The van der Waals surface area contributed by atoms with Gasteiger partial charge in [-0.05, 0) is 17.0 Å². The fourth-order valence-electron chi connectivity index (χ4n) is 4.87. The third-order valence-electron chi connectivity index (χ3n) is 7.03. The first-order valence-corrected chi connectivity index (χ1v) is 13.7. The number of aromatic nitrogens is 2. The lowest BCUT2D eigenvalue weighted by atomic mass is 9.91. The fourth-order valence-corrected chi connectivity index (χ4v) is 6.10. The van der Waals surface area contributed by atoms with E-state index >= 15 is 0 Å². The van der Waals surface area contributed by atoms with Gasteiger partial charge < -0.3 is 24.0 Å². The number of rotatable bonds is 3. The molecule has 2 aromatic rings. The number of hydrogen-bond acceptors (Lipinski definition) is 8. The average molecular weight is 501 g/mol. The van der Waals surface area contributed by atoms with Gasteiger partial charge in [0.1, 0.15) is 18.0 Å². The largest absolute Gasteiger partial charge is 0.378 e. The van der Waals surface area contributed by atoms with Crippen LogP contribution < -0.4 is 9.80 Å². The van der Waals surface area contributed by atoms with Gasteiger partial charge in [-0.2, -0.15) is 4.98 Å². The van der Waals surface area contributed by atoms with Crippen molar-refractivity contribution in [3.05, 3.63) is 33.1 Å². The van der Waals surface area contributed by atoms with Crippen molar-refractivity contribution in [2.75, 3.05) is 62.4 Å². The van der Waals surface area contributed by atoms with Crippen LogP contribution >= 0.6 is 11.3 Å². The van der Waals surface area contributed by atoms with Crippen molar-refractivity contribution >= 4 is 23.1 Å². The van der Waals surface area contributed by atoms with Gasteiger partial charge in [0, 0.05) is 47.3 Å². The maximum Gasteiger partial charge on any atom is 0.227 e. The number of anilines is 2. The minimum Gasteiger partial charge on any atom is -0.378 e. The van der Waals surface area contributed by atoms with E-state index < -0.39 is 0 Å². The molecule has 2 aromatic heterocycles. The number of morpholine rings is 2. The summed E-state index contributed by atoms with van der Waals surface area (Å²) in [7, 11) is 0. The summed E-state index contributed by atoms with van der Waals surface area (Å²) in [6.07, 6.45) is 0.903. The molecule has 3 aliphatic rings. The SMILES string of the molecule is CC(C)(C)c1cc(N2CCOCC2)nc(N2CCOC(C3OCCc4sc(C(C)(C)C)cc43)C2)n1. The maximum absolute atomic E-state index is 6.34. The molecule has 2 atom stereocenters. The molecule has 0 amide bonds. The molecule has 3 aliphatic heterocycles. The third kappa shape index (κ3) is 5.36. The van der Waals surface area contributed by atoms with E-state index in [1.54, 1.807) is 0 Å². The summed E-state index contributed by atoms with van der Waals surface area (Å²) >= 11 is 1.94. The Morgan fingerprint density at radius 3 is 2.31 bits per heavy atom. The van der Waals surface area contributed by atoms with Crippen LogP contribution in [0.3, 0.4) is 0 Å². The van der Waals surface area contributed by atoms with Crippen LogP contribution in [0.5, 0.6) is 0 Å². The summed E-state index contributed by atoms with van der Waals surface area (Å²) in [6, 6.07) is 4.52. The topological polar surface area (TPSA) is 60.0 Å². The highest BCUT2D eigenvalue weighted by atomic mass is 32.1. The van der Waals surface area contributed by atoms with E-state index in [9.17, 15) is 0 Å². The van der Waals surface area contributed by atoms with Gasteiger partial charge in [-0.25, -0.2) is 4.98 Å². The van der Waals surface area contributed by atoms with Gasteiger partial charge in [0.25, 0.3) is 0 Å². The van der Waals surface area contributed by atoms with Crippen molar-refractivity contribution in [3.63, 3.8) is 0 Å². The van der Waals surface area contributed by atoms with Crippen LogP contribution in [0, 0.1) is 0 Å². The zero-order valence-electron chi connectivity index (χ0n) is 22.1. The summed E-state index contributed by atoms with van der Waals surface area (Å²) in [5.74, 6) is 1.79. The van der Waals surface area contributed by atoms with Crippen molar-refractivity contribution in [2.24, 2.45) is 0 Å². The highest BCUT2D eigenvalue weighted by Gasteiger charge is 2.36. The van der Waals surface area contributed by atoms with Crippen LogP contribution in [-0.2, 0) is 31.5 Å². The number of hydrogen-bond donors (Lipinski definition) is 0. The minimum atomic E-state index is -0.0637. The molecule has 35 heavy (non-hydrogen) atoms. The predicted molar refractivity (Wildman–Crippen MR) is 141 cm³/mol. The monoisotopic (exact) mass is 500 g/mol. The summed E-state index contributed by atoms with van der Waals surface area (Å²) in [5.41, 5.74) is 2.46. The van der Waals surface area contributed by atoms with E-state index in [0.717, 1.165) is 69.9 Å². The third-order valence-corrected chi connectivity index (χ3v) is 8.67. The molecule has 192 valence electrons. The van der Waals surface area contributed by atoms with E-state index in [0.29, 0.717) is 6.61 Å². The first-order valence-electron chi connectivity index (χ1n) is 12.9. The van der Waals surface area contributed by atoms with Crippen LogP contribution in [0.2, 0.25) is 0 Å². The second kappa shape index (κ2) is 9.61. The number of thiophene rings is 1. The van der Waals surface area contributed by atoms with Gasteiger partial charge in [0.05, 0.1) is 38.7 Å². The number of fused-ring (bicyclic) bond motifs is 1. The zero-order valence-corrected chi connectivity index (χ0v) is 22.9.